The molecule has 8 heteroatoms. The number of aliphatic hydroxyl groups excluding tert-OH is 1. The van der Waals surface area contributed by atoms with Crippen LogP contribution in [0.3, 0.4) is 0 Å². The third-order valence-electron chi connectivity index (χ3n) is 4.15. The molecule has 1 amide bonds. The van der Waals surface area contributed by atoms with Gasteiger partial charge in [-0.15, -0.1) is 0 Å². The molecule has 2 aliphatic rings. The fraction of sp³-hybridized carbons (Fsp3) is 0.588. The zero-order valence-corrected chi connectivity index (χ0v) is 14.3. The number of rotatable bonds is 6. The van der Waals surface area contributed by atoms with Crippen LogP contribution in [0.25, 0.3) is 0 Å². The molecule has 0 spiro atoms. The first-order chi connectivity index (χ1) is 12.2. The van der Waals surface area contributed by atoms with E-state index < -0.39 is 6.10 Å². The monoisotopic (exact) mass is 352 g/mol. The molecule has 8 nitrogen and oxygen atoms in total. The zero-order valence-electron chi connectivity index (χ0n) is 14.3. The Hall–Kier alpha value is -2.19. The lowest BCUT2D eigenvalue weighted by molar-refractivity contribution is 0.0407. The van der Waals surface area contributed by atoms with Crippen LogP contribution in [0.2, 0.25) is 0 Å². The van der Waals surface area contributed by atoms with Gasteiger partial charge >= 0.3 is 6.09 Å². The predicted octanol–water partition coefficient (Wildman–Crippen LogP) is 0.929. The summed E-state index contributed by atoms with van der Waals surface area (Å²) < 4.78 is 21.2. The molecular formula is C17H24N2O6. The summed E-state index contributed by atoms with van der Waals surface area (Å²) in [7, 11) is 0. The van der Waals surface area contributed by atoms with E-state index in [-0.39, 0.29) is 19.5 Å². The highest BCUT2D eigenvalue weighted by molar-refractivity contribution is 5.67. The lowest BCUT2D eigenvalue weighted by atomic mass is 10.2. The lowest BCUT2D eigenvalue weighted by Crippen LogP contribution is -2.51. The molecule has 1 aromatic carbocycles. The van der Waals surface area contributed by atoms with Crippen LogP contribution >= 0.6 is 0 Å². The van der Waals surface area contributed by atoms with Gasteiger partial charge in [0.1, 0.15) is 18.5 Å². The number of carbonyl (C=O) groups is 1. The van der Waals surface area contributed by atoms with Crippen LogP contribution in [0, 0.1) is 0 Å². The third kappa shape index (κ3) is 4.67. The minimum absolute atomic E-state index is 0.192. The Morgan fingerprint density at radius 1 is 1.24 bits per heavy atom. The van der Waals surface area contributed by atoms with Gasteiger partial charge in [0.05, 0.1) is 6.61 Å². The summed E-state index contributed by atoms with van der Waals surface area (Å²) in [5, 5.41) is 10.2. The van der Waals surface area contributed by atoms with Crippen molar-refractivity contribution in [2.24, 2.45) is 0 Å². The van der Waals surface area contributed by atoms with Crippen molar-refractivity contribution in [3.63, 3.8) is 0 Å². The van der Waals surface area contributed by atoms with Gasteiger partial charge in [-0.2, -0.15) is 0 Å². The summed E-state index contributed by atoms with van der Waals surface area (Å²) in [5.41, 5.74) is 0. The maximum absolute atomic E-state index is 11.7. The van der Waals surface area contributed by atoms with E-state index in [1.165, 1.54) is 0 Å². The van der Waals surface area contributed by atoms with Crippen molar-refractivity contribution in [3.8, 4) is 17.2 Å². The van der Waals surface area contributed by atoms with Gasteiger partial charge in [-0.3, -0.25) is 4.90 Å². The SMILES string of the molecule is CCOC(=O)N1CCN(CC(O)COc2ccc3c(c2)OCO3)CC1. The quantitative estimate of drug-likeness (QED) is 0.816. The van der Waals surface area contributed by atoms with E-state index in [9.17, 15) is 9.90 Å². The lowest BCUT2D eigenvalue weighted by Gasteiger charge is -2.34. The van der Waals surface area contributed by atoms with Crippen molar-refractivity contribution in [1.29, 1.82) is 0 Å². The number of fused-ring (bicyclic) bond motifs is 1. The number of carbonyl (C=O) groups excluding carboxylic acids is 1. The van der Waals surface area contributed by atoms with E-state index >= 15 is 0 Å². The summed E-state index contributed by atoms with van der Waals surface area (Å²) in [5.74, 6) is 1.99. The van der Waals surface area contributed by atoms with Crippen molar-refractivity contribution >= 4 is 6.09 Å². The maximum Gasteiger partial charge on any atom is 0.409 e. The molecular weight excluding hydrogens is 328 g/mol. The first-order valence-corrected chi connectivity index (χ1v) is 8.50. The molecule has 1 saturated heterocycles. The fourth-order valence-electron chi connectivity index (χ4n) is 2.84. The Balaban J connectivity index is 1.38. The van der Waals surface area contributed by atoms with Gasteiger partial charge in [-0.25, -0.2) is 4.79 Å². The van der Waals surface area contributed by atoms with Crippen LogP contribution in [0.5, 0.6) is 17.2 Å². The molecule has 1 fully saturated rings. The third-order valence-corrected chi connectivity index (χ3v) is 4.15. The molecule has 0 radical (unpaired) electrons. The van der Waals surface area contributed by atoms with E-state index in [1.807, 2.05) is 0 Å². The Morgan fingerprint density at radius 2 is 2.00 bits per heavy atom. The van der Waals surface area contributed by atoms with E-state index in [0.29, 0.717) is 56.6 Å². The van der Waals surface area contributed by atoms with Crippen molar-refractivity contribution in [3.05, 3.63) is 18.2 Å². The van der Waals surface area contributed by atoms with Crippen molar-refractivity contribution in [2.75, 3.05) is 52.7 Å². The molecule has 3 rings (SSSR count). The van der Waals surface area contributed by atoms with Gasteiger partial charge < -0.3 is 29.0 Å². The summed E-state index contributed by atoms with van der Waals surface area (Å²) in [4.78, 5) is 15.5. The van der Waals surface area contributed by atoms with Crippen LogP contribution < -0.4 is 14.2 Å². The Morgan fingerprint density at radius 3 is 2.76 bits per heavy atom. The van der Waals surface area contributed by atoms with Crippen LogP contribution in [0.1, 0.15) is 6.92 Å². The number of hydrogen-bond acceptors (Lipinski definition) is 7. The van der Waals surface area contributed by atoms with Gasteiger partial charge in [0.15, 0.2) is 11.5 Å². The Bertz CT molecular complexity index is 589. The van der Waals surface area contributed by atoms with E-state index in [1.54, 1.807) is 30.0 Å². The summed E-state index contributed by atoms with van der Waals surface area (Å²) in [6.45, 7) is 5.72. The zero-order chi connectivity index (χ0) is 17.6. The maximum atomic E-state index is 11.7. The van der Waals surface area contributed by atoms with Crippen LogP contribution in [0.4, 0.5) is 4.79 Å². The van der Waals surface area contributed by atoms with E-state index in [4.69, 9.17) is 18.9 Å². The number of benzene rings is 1. The topological polar surface area (TPSA) is 80.7 Å². The fourth-order valence-corrected chi connectivity index (χ4v) is 2.84. The van der Waals surface area contributed by atoms with Crippen molar-refractivity contribution < 1.29 is 28.8 Å². The molecule has 1 atom stereocenters. The Kier molecular flexibility index (Phi) is 5.83. The van der Waals surface area contributed by atoms with E-state index in [0.717, 1.165) is 0 Å². The van der Waals surface area contributed by atoms with Crippen molar-refractivity contribution in [2.45, 2.75) is 13.0 Å². The highest BCUT2D eigenvalue weighted by atomic mass is 16.7. The van der Waals surface area contributed by atoms with Gasteiger partial charge in [-0.1, -0.05) is 0 Å². The summed E-state index contributed by atoms with van der Waals surface area (Å²) in [6, 6.07) is 5.34. The van der Waals surface area contributed by atoms with Crippen molar-refractivity contribution in [1.82, 2.24) is 9.80 Å². The second-order valence-corrected chi connectivity index (χ2v) is 5.97. The van der Waals surface area contributed by atoms with Gasteiger partial charge in [0, 0.05) is 38.8 Å². The molecule has 1 aromatic rings. The predicted molar refractivity (Wildman–Crippen MR) is 89.1 cm³/mol. The number of β-amino-alcohol motifs (C(OH)–C–C–N with tert-alkyl or cyclic N) is 1. The molecule has 0 bridgehead atoms. The number of hydrogen-bond donors (Lipinski definition) is 1. The number of piperazine rings is 1. The van der Waals surface area contributed by atoms with Crippen LogP contribution in [-0.4, -0.2) is 79.8 Å². The second-order valence-electron chi connectivity index (χ2n) is 5.97. The first kappa shape index (κ1) is 17.6. The number of amides is 1. The Labute approximate surface area is 146 Å². The highest BCUT2D eigenvalue weighted by Crippen LogP contribution is 2.35. The molecule has 25 heavy (non-hydrogen) atoms. The van der Waals surface area contributed by atoms with Gasteiger partial charge in [0.25, 0.3) is 0 Å². The van der Waals surface area contributed by atoms with Gasteiger partial charge in [0.2, 0.25) is 6.79 Å². The molecule has 0 aromatic heterocycles. The molecule has 0 saturated carbocycles. The minimum Gasteiger partial charge on any atom is -0.491 e. The summed E-state index contributed by atoms with van der Waals surface area (Å²) in [6.07, 6.45) is -0.881. The highest BCUT2D eigenvalue weighted by Gasteiger charge is 2.23. The number of nitrogens with zero attached hydrogens (tertiary/aromatic N) is 2. The average Bonchev–Trinajstić information content (AvgIpc) is 3.08. The number of ether oxygens (including phenoxy) is 4. The second kappa shape index (κ2) is 8.26. The molecule has 1 unspecified atom stereocenters. The molecule has 138 valence electrons. The standard InChI is InChI=1S/C17H24N2O6/c1-2-22-17(21)19-7-5-18(6-8-19)10-13(20)11-23-14-3-4-15-16(9-14)25-12-24-15/h3-4,9,13,20H,2,5-8,10-12H2,1H3. The molecule has 0 aliphatic carbocycles. The van der Waals surface area contributed by atoms with Crippen LogP contribution in [0.15, 0.2) is 18.2 Å². The van der Waals surface area contributed by atoms with Gasteiger partial charge in [-0.05, 0) is 19.1 Å². The largest absolute Gasteiger partial charge is 0.491 e. The van der Waals surface area contributed by atoms with E-state index in [2.05, 4.69) is 4.90 Å². The smallest absolute Gasteiger partial charge is 0.409 e. The molecule has 2 aliphatic heterocycles. The average molecular weight is 352 g/mol. The normalized spacial score (nSPS) is 18.1. The first-order valence-electron chi connectivity index (χ1n) is 8.50. The minimum atomic E-state index is -0.612. The summed E-state index contributed by atoms with van der Waals surface area (Å²) >= 11 is 0. The number of aliphatic hydroxyl groups is 1. The molecule has 2 heterocycles. The van der Waals surface area contributed by atoms with Crippen LogP contribution in [-0.2, 0) is 4.74 Å². The molecule has 1 N–H and O–H groups in total.